The van der Waals surface area contributed by atoms with Crippen LogP contribution in [0.15, 0.2) is 73.3 Å². The Morgan fingerprint density at radius 2 is 0.868 bits per heavy atom. The summed E-state index contributed by atoms with van der Waals surface area (Å²) in [5, 5.41) is 76.0. The minimum atomic E-state index is -3.21. The average molecular weight is 542 g/mol. The van der Waals surface area contributed by atoms with Gasteiger partial charge in [0.05, 0.1) is 31.3 Å². The molecule has 0 spiro atoms. The van der Waals surface area contributed by atoms with Crippen molar-refractivity contribution in [3.63, 3.8) is 0 Å². The Labute approximate surface area is 212 Å². The van der Waals surface area contributed by atoms with E-state index in [0.717, 1.165) is 0 Å². The van der Waals surface area contributed by atoms with Crippen molar-refractivity contribution in [2.75, 3.05) is 6.61 Å². The van der Waals surface area contributed by atoms with Crippen LogP contribution >= 0.6 is 0 Å². The van der Waals surface area contributed by atoms with Gasteiger partial charge >= 0.3 is 35.8 Å². The molecule has 0 aliphatic rings. The lowest BCUT2D eigenvalue weighted by Gasteiger charge is -2.50. The van der Waals surface area contributed by atoms with Gasteiger partial charge in [0.25, 0.3) is 0 Å². The molecule has 0 unspecified atom stereocenters. The molecule has 206 valence electrons. The Bertz CT molecular complexity index is 1080. The summed E-state index contributed by atoms with van der Waals surface area (Å²) in [5.41, 5.74) is -9.38. The second-order valence-corrected chi connectivity index (χ2v) is 6.82. The molecule has 0 aromatic carbocycles. The highest BCUT2D eigenvalue weighted by molar-refractivity contribution is 5.83. The van der Waals surface area contributed by atoms with E-state index in [1.54, 1.807) is 0 Å². The third-order valence-electron chi connectivity index (χ3n) is 4.31. The van der Waals surface area contributed by atoms with Crippen molar-refractivity contribution >= 4 is 35.8 Å². The third kappa shape index (κ3) is 9.44. The molecule has 0 radical (unpaired) electrons. The lowest BCUT2D eigenvalue weighted by molar-refractivity contribution is -0.187. The van der Waals surface area contributed by atoms with Crippen molar-refractivity contribution in [3.8, 4) is 0 Å². The standard InChI is InChI=1S/C22H22O16/c23-13-20(36,7-1-14(24)25)22(10-4-17(30)31,38-12-6-19(34)35)21(8-2-15(26)27,9-3-16(28)29)37-11-5-18(32)33/h1-12,23,36H,13H2,(H,24,25)(H,26,27)(H,28,29)(H,30,31)(H,32,33)(H,34,35)/t20-,21?,22-/m1/s1. The van der Waals surface area contributed by atoms with Gasteiger partial charge < -0.3 is 50.3 Å². The van der Waals surface area contributed by atoms with Crippen LogP contribution in [0.5, 0.6) is 0 Å². The van der Waals surface area contributed by atoms with Crippen molar-refractivity contribution in [1.29, 1.82) is 0 Å². The predicted octanol–water partition coefficient (Wildman–Crippen LogP) is -1.02. The van der Waals surface area contributed by atoms with Gasteiger partial charge in [0.1, 0.15) is 0 Å². The van der Waals surface area contributed by atoms with E-state index in [2.05, 4.69) is 0 Å². The maximum absolute atomic E-state index is 11.4. The van der Waals surface area contributed by atoms with Gasteiger partial charge in [-0.2, -0.15) is 0 Å². The lowest BCUT2D eigenvalue weighted by atomic mass is 9.69. The van der Waals surface area contributed by atoms with Gasteiger partial charge in [0.2, 0.25) is 5.60 Å². The molecule has 38 heavy (non-hydrogen) atoms. The van der Waals surface area contributed by atoms with Crippen molar-refractivity contribution in [1.82, 2.24) is 0 Å². The molecule has 0 saturated heterocycles. The van der Waals surface area contributed by atoms with E-state index < -0.39 is 59.2 Å². The predicted molar refractivity (Wildman–Crippen MR) is 120 cm³/mol. The maximum Gasteiger partial charge on any atom is 0.331 e. The van der Waals surface area contributed by atoms with E-state index in [1.165, 1.54) is 0 Å². The first-order chi connectivity index (χ1) is 17.6. The van der Waals surface area contributed by atoms with E-state index in [0.29, 0.717) is 36.6 Å². The van der Waals surface area contributed by atoms with Crippen molar-refractivity contribution in [3.05, 3.63) is 73.3 Å². The zero-order valence-electron chi connectivity index (χ0n) is 19.0. The van der Waals surface area contributed by atoms with Crippen molar-refractivity contribution < 1.29 is 79.1 Å². The van der Waals surface area contributed by atoms with Gasteiger partial charge in [0.15, 0.2) is 11.2 Å². The summed E-state index contributed by atoms with van der Waals surface area (Å²) in [5.74, 6) is -10.4. The molecule has 0 heterocycles. The van der Waals surface area contributed by atoms with Gasteiger partial charge in [-0.1, -0.05) is 0 Å². The molecular weight excluding hydrogens is 520 g/mol. The maximum atomic E-state index is 11.4. The van der Waals surface area contributed by atoms with Gasteiger partial charge in [0, 0.05) is 24.3 Å². The summed E-state index contributed by atoms with van der Waals surface area (Å²) in [6.45, 7) is -1.59. The number of aliphatic hydroxyl groups is 2. The second-order valence-electron chi connectivity index (χ2n) is 6.82. The number of carbonyl (C=O) groups is 6. The molecule has 0 aromatic heterocycles. The molecule has 0 aliphatic heterocycles. The number of aliphatic hydroxyl groups excluding tert-OH is 1. The first-order valence-electron chi connectivity index (χ1n) is 9.73. The van der Waals surface area contributed by atoms with Crippen molar-refractivity contribution in [2.45, 2.75) is 16.8 Å². The van der Waals surface area contributed by atoms with E-state index in [1.807, 2.05) is 0 Å². The second kappa shape index (κ2) is 14.4. The Morgan fingerprint density at radius 3 is 1.24 bits per heavy atom. The summed E-state index contributed by atoms with van der Waals surface area (Å²) in [6.07, 6.45) is 3.65. The van der Waals surface area contributed by atoms with Gasteiger partial charge in [-0.15, -0.1) is 0 Å². The average Bonchev–Trinajstić information content (AvgIpc) is 2.80. The summed E-state index contributed by atoms with van der Waals surface area (Å²) in [4.78, 5) is 67.3. The number of carboxylic acids is 6. The highest BCUT2D eigenvalue weighted by Gasteiger charge is 2.63. The Kier molecular flexibility index (Phi) is 12.4. The molecule has 0 aromatic rings. The fourth-order valence-corrected chi connectivity index (χ4v) is 2.80. The smallest absolute Gasteiger partial charge is 0.331 e. The molecule has 0 amide bonds. The largest absolute Gasteiger partial charge is 0.482 e. The third-order valence-corrected chi connectivity index (χ3v) is 4.31. The molecule has 0 fully saturated rings. The summed E-state index contributed by atoms with van der Waals surface area (Å²) >= 11 is 0. The van der Waals surface area contributed by atoms with Crippen LogP contribution in [-0.2, 0) is 38.2 Å². The highest BCUT2D eigenvalue weighted by Crippen LogP contribution is 2.44. The first-order valence-corrected chi connectivity index (χ1v) is 9.73. The van der Waals surface area contributed by atoms with Crippen LogP contribution < -0.4 is 0 Å². The Balaban J connectivity index is 8.25. The molecule has 0 saturated carbocycles. The van der Waals surface area contributed by atoms with Gasteiger partial charge in [-0.05, 0) is 24.3 Å². The molecule has 0 bridgehead atoms. The van der Waals surface area contributed by atoms with Crippen LogP contribution in [0, 0.1) is 0 Å². The molecule has 16 heteroatoms. The molecule has 16 nitrogen and oxygen atoms in total. The minimum Gasteiger partial charge on any atom is -0.482 e. The van der Waals surface area contributed by atoms with Crippen LogP contribution in [0.25, 0.3) is 0 Å². The molecular formula is C22H22O16. The number of hydrogen-bond donors (Lipinski definition) is 8. The van der Waals surface area contributed by atoms with Crippen LogP contribution in [0.2, 0.25) is 0 Å². The van der Waals surface area contributed by atoms with Crippen LogP contribution in [-0.4, -0.2) is 100 Å². The monoisotopic (exact) mass is 542 g/mol. The minimum absolute atomic E-state index is 0.214. The lowest BCUT2D eigenvalue weighted by Crippen LogP contribution is -2.68. The molecule has 8 N–H and O–H groups in total. The summed E-state index contributed by atoms with van der Waals surface area (Å²) in [7, 11) is 0. The quantitative estimate of drug-likeness (QED) is 0.0806. The Morgan fingerprint density at radius 1 is 0.526 bits per heavy atom. The number of carboxylic acid groups (broad SMARTS) is 6. The van der Waals surface area contributed by atoms with Crippen molar-refractivity contribution in [2.24, 2.45) is 0 Å². The molecule has 0 rings (SSSR count). The number of ether oxygens (including phenoxy) is 2. The fourth-order valence-electron chi connectivity index (χ4n) is 2.80. The summed E-state index contributed by atoms with van der Waals surface area (Å²) < 4.78 is 10.6. The zero-order valence-corrected chi connectivity index (χ0v) is 19.0. The first kappa shape index (κ1) is 32.8. The number of hydrogen-bond acceptors (Lipinski definition) is 10. The van der Waals surface area contributed by atoms with Crippen LogP contribution in [0.3, 0.4) is 0 Å². The zero-order chi connectivity index (χ0) is 29.6. The van der Waals surface area contributed by atoms with E-state index in [-0.39, 0.29) is 36.6 Å². The normalized spacial score (nSPS) is 17.0. The number of rotatable bonds is 17. The van der Waals surface area contributed by atoms with E-state index >= 15 is 0 Å². The van der Waals surface area contributed by atoms with Gasteiger partial charge in [-0.25, -0.2) is 28.8 Å². The molecule has 0 aliphatic carbocycles. The fraction of sp³-hybridized carbons (Fsp3) is 0.182. The topological polar surface area (TPSA) is 283 Å². The van der Waals surface area contributed by atoms with Crippen LogP contribution in [0.1, 0.15) is 0 Å². The molecule has 2 atom stereocenters. The summed E-state index contributed by atoms with van der Waals surface area (Å²) in [6, 6.07) is 0. The Hall–Kier alpha value is -5.22. The van der Waals surface area contributed by atoms with Crippen LogP contribution in [0.4, 0.5) is 0 Å². The SMILES string of the molecule is O=C(O)C=COC(C=CC(=O)O)(C=CC(=O)O)[C@](C=CC(=O)O)(OC=CC(=O)O)[C@@](O)(C=CC(=O)O)CO. The van der Waals surface area contributed by atoms with E-state index in [4.69, 9.17) is 24.8 Å². The highest BCUT2D eigenvalue weighted by atomic mass is 16.6. The van der Waals surface area contributed by atoms with E-state index in [9.17, 15) is 54.3 Å². The van der Waals surface area contributed by atoms with Gasteiger partial charge in [-0.3, -0.25) is 0 Å². The number of aliphatic carboxylic acids is 6.